The number of aliphatic hydroxyl groups excluding tert-OH is 1. The number of hydrogen-bond acceptors (Lipinski definition) is 4. The van der Waals surface area contributed by atoms with E-state index in [1.54, 1.807) is 18.5 Å². The quantitative estimate of drug-likeness (QED) is 0.741. The van der Waals surface area contributed by atoms with Gasteiger partial charge in [-0.2, -0.15) is 0 Å². The summed E-state index contributed by atoms with van der Waals surface area (Å²) in [6.45, 7) is 0. The topological polar surface area (TPSA) is 58.9 Å². The van der Waals surface area contributed by atoms with Crippen LogP contribution in [0.4, 0.5) is 0 Å². The molecular formula is C14H11N3O. The average molecular weight is 237 g/mol. The van der Waals surface area contributed by atoms with Crippen LogP contribution in [0, 0.1) is 0 Å². The number of benzene rings is 1. The van der Waals surface area contributed by atoms with E-state index in [9.17, 15) is 5.11 Å². The molecule has 0 aliphatic carbocycles. The number of hydrogen-bond donors (Lipinski definition) is 1. The predicted molar refractivity (Wildman–Crippen MR) is 67.8 cm³/mol. The highest BCUT2D eigenvalue weighted by atomic mass is 16.3. The Balaban J connectivity index is 2.15. The lowest BCUT2D eigenvalue weighted by atomic mass is 10.0. The maximum atomic E-state index is 10.4. The first kappa shape index (κ1) is 10.8. The number of aliphatic hydroxyl groups is 1. The molecule has 1 unspecified atom stereocenters. The molecule has 4 heteroatoms. The van der Waals surface area contributed by atoms with Crippen molar-refractivity contribution >= 4 is 10.9 Å². The van der Waals surface area contributed by atoms with Crippen LogP contribution >= 0.6 is 0 Å². The van der Waals surface area contributed by atoms with Crippen LogP contribution in [0.2, 0.25) is 0 Å². The third-order valence-electron chi connectivity index (χ3n) is 2.86. The van der Waals surface area contributed by atoms with E-state index in [0.29, 0.717) is 5.69 Å². The van der Waals surface area contributed by atoms with Gasteiger partial charge < -0.3 is 5.11 Å². The first-order chi connectivity index (χ1) is 8.86. The van der Waals surface area contributed by atoms with Gasteiger partial charge in [-0.25, -0.2) is 9.97 Å². The Bertz CT molecular complexity index is 665. The molecular weight excluding hydrogens is 226 g/mol. The van der Waals surface area contributed by atoms with Crippen LogP contribution < -0.4 is 0 Å². The second-order valence-electron chi connectivity index (χ2n) is 3.95. The highest BCUT2D eigenvalue weighted by Crippen LogP contribution is 2.26. The van der Waals surface area contributed by atoms with E-state index in [0.717, 1.165) is 16.5 Å². The SMILES string of the molecule is OC(c1ccncn1)c1cccc2ncccc12. The second-order valence-corrected chi connectivity index (χ2v) is 3.95. The van der Waals surface area contributed by atoms with E-state index in [2.05, 4.69) is 15.0 Å². The fraction of sp³-hybridized carbons (Fsp3) is 0.0714. The fourth-order valence-corrected chi connectivity index (χ4v) is 1.99. The van der Waals surface area contributed by atoms with Crippen LogP contribution in [0.3, 0.4) is 0 Å². The molecule has 0 aliphatic rings. The number of rotatable bonds is 2. The minimum atomic E-state index is -0.763. The van der Waals surface area contributed by atoms with Crippen molar-refractivity contribution in [1.29, 1.82) is 0 Å². The Kier molecular flexibility index (Phi) is 2.70. The Morgan fingerprint density at radius 2 is 1.89 bits per heavy atom. The summed E-state index contributed by atoms with van der Waals surface area (Å²) in [5, 5.41) is 11.3. The molecule has 0 saturated heterocycles. The van der Waals surface area contributed by atoms with Crippen molar-refractivity contribution in [3.8, 4) is 0 Å². The number of aromatic nitrogens is 3. The Morgan fingerprint density at radius 1 is 0.944 bits per heavy atom. The highest BCUT2D eigenvalue weighted by Gasteiger charge is 2.14. The summed E-state index contributed by atoms with van der Waals surface area (Å²) in [5.41, 5.74) is 2.25. The molecule has 4 nitrogen and oxygen atoms in total. The lowest BCUT2D eigenvalue weighted by molar-refractivity contribution is 0.216. The van der Waals surface area contributed by atoms with Crippen molar-refractivity contribution in [2.45, 2.75) is 6.10 Å². The van der Waals surface area contributed by atoms with Crippen LogP contribution in [0.25, 0.3) is 10.9 Å². The molecule has 1 atom stereocenters. The largest absolute Gasteiger partial charge is 0.382 e. The summed E-state index contributed by atoms with van der Waals surface area (Å²) >= 11 is 0. The lowest BCUT2D eigenvalue weighted by Gasteiger charge is -2.12. The zero-order valence-electron chi connectivity index (χ0n) is 9.56. The summed E-state index contributed by atoms with van der Waals surface area (Å²) in [4.78, 5) is 12.2. The van der Waals surface area contributed by atoms with Crippen molar-refractivity contribution in [2.24, 2.45) is 0 Å². The summed E-state index contributed by atoms with van der Waals surface area (Å²) in [7, 11) is 0. The van der Waals surface area contributed by atoms with Gasteiger partial charge in [0.05, 0.1) is 11.2 Å². The van der Waals surface area contributed by atoms with E-state index in [1.807, 2.05) is 30.3 Å². The smallest absolute Gasteiger partial charge is 0.122 e. The van der Waals surface area contributed by atoms with Gasteiger partial charge in [0.25, 0.3) is 0 Å². The molecule has 0 bridgehead atoms. The van der Waals surface area contributed by atoms with E-state index in [-0.39, 0.29) is 0 Å². The van der Waals surface area contributed by atoms with Gasteiger partial charge in [0.2, 0.25) is 0 Å². The second kappa shape index (κ2) is 4.50. The van der Waals surface area contributed by atoms with Gasteiger partial charge in [-0.1, -0.05) is 18.2 Å². The van der Waals surface area contributed by atoms with Crippen molar-refractivity contribution in [3.63, 3.8) is 0 Å². The molecule has 2 heterocycles. The summed E-state index contributed by atoms with van der Waals surface area (Å²) in [6.07, 6.45) is 4.03. The summed E-state index contributed by atoms with van der Waals surface area (Å²) in [5.74, 6) is 0. The van der Waals surface area contributed by atoms with Crippen molar-refractivity contribution in [2.75, 3.05) is 0 Å². The zero-order chi connectivity index (χ0) is 12.4. The highest BCUT2D eigenvalue weighted by molar-refractivity contribution is 5.82. The summed E-state index contributed by atoms with van der Waals surface area (Å²) in [6, 6.07) is 11.2. The standard InChI is InChI=1S/C14H11N3O/c18-14(13-6-8-15-9-17-13)11-3-1-5-12-10(11)4-2-7-16-12/h1-9,14,18H. The first-order valence-corrected chi connectivity index (χ1v) is 5.64. The van der Waals surface area contributed by atoms with E-state index >= 15 is 0 Å². The maximum Gasteiger partial charge on any atom is 0.122 e. The normalized spacial score (nSPS) is 12.5. The van der Waals surface area contributed by atoms with Gasteiger partial charge in [-0.05, 0) is 23.8 Å². The molecule has 2 aromatic heterocycles. The van der Waals surface area contributed by atoms with Crippen LogP contribution in [0.5, 0.6) is 0 Å². The van der Waals surface area contributed by atoms with E-state index < -0.39 is 6.10 Å². The van der Waals surface area contributed by atoms with Gasteiger partial charge in [-0.15, -0.1) is 0 Å². The Labute approximate surface area is 104 Å². The predicted octanol–water partition coefficient (Wildman–Crippen LogP) is 2.11. The molecule has 3 aromatic rings. The molecule has 3 rings (SSSR count). The van der Waals surface area contributed by atoms with Crippen LogP contribution in [0.15, 0.2) is 55.1 Å². The minimum absolute atomic E-state index is 0.585. The third-order valence-corrected chi connectivity index (χ3v) is 2.86. The molecule has 0 spiro atoms. The van der Waals surface area contributed by atoms with Gasteiger partial charge in [0.1, 0.15) is 12.4 Å². The fourth-order valence-electron chi connectivity index (χ4n) is 1.99. The Hall–Kier alpha value is -2.33. The average Bonchev–Trinajstić information content (AvgIpc) is 2.47. The van der Waals surface area contributed by atoms with Gasteiger partial charge >= 0.3 is 0 Å². The number of pyridine rings is 1. The van der Waals surface area contributed by atoms with Gasteiger partial charge in [-0.3, -0.25) is 4.98 Å². The molecule has 0 amide bonds. The first-order valence-electron chi connectivity index (χ1n) is 5.64. The van der Waals surface area contributed by atoms with Crippen molar-refractivity contribution in [1.82, 2.24) is 15.0 Å². The molecule has 0 fully saturated rings. The van der Waals surface area contributed by atoms with Crippen LogP contribution in [-0.2, 0) is 0 Å². The van der Waals surface area contributed by atoms with Crippen LogP contribution in [-0.4, -0.2) is 20.1 Å². The molecule has 1 aromatic carbocycles. The van der Waals surface area contributed by atoms with Gasteiger partial charge in [0.15, 0.2) is 0 Å². The minimum Gasteiger partial charge on any atom is -0.382 e. The molecule has 1 N–H and O–H groups in total. The number of fused-ring (bicyclic) bond motifs is 1. The lowest BCUT2D eigenvalue weighted by Crippen LogP contribution is -2.03. The zero-order valence-corrected chi connectivity index (χ0v) is 9.56. The van der Waals surface area contributed by atoms with Crippen LogP contribution in [0.1, 0.15) is 17.4 Å². The van der Waals surface area contributed by atoms with Crippen molar-refractivity contribution < 1.29 is 5.11 Å². The van der Waals surface area contributed by atoms with E-state index in [4.69, 9.17) is 0 Å². The summed E-state index contributed by atoms with van der Waals surface area (Å²) < 4.78 is 0. The van der Waals surface area contributed by atoms with Gasteiger partial charge in [0, 0.05) is 17.8 Å². The molecule has 18 heavy (non-hydrogen) atoms. The van der Waals surface area contributed by atoms with Crippen molar-refractivity contribution in [3.05, 3.63) is 66.4 Å². The molecule has 0 aliphatic heterocycles. The Morgan fingerprint density at radius 3 is 2.72 bits per heavy atom. The monoisotopic (exact) mass is 237 g/mol. The number of nitrogens with zero attached hydrogens (tertiary/aromatic N) is 3. The molecule has 0 radical (unpaired) electrons. The molecule has 88 valence electrons. The molecule has 0 saturated carbocycles. The van der Waals surface area contributed by atoms with E-state index in [1.165, 1.54) is 6.33 Å². The third kappa shape index (κ3) is 1.83. The maximum absolute atomic E-state index is 10.4.